The highest BCUT2D eigenvalue weighted by atomic mass is 16.7. The van der Waals surface area contributed by atoms with Crippen LogP contribution in [0.3, 0.4) is 0 Å². The van der Waals surface area contributed by atoms with Crippen molar-refractivity contribution < 1.29 is 14.3 Å². The molecule has 2 N–H and O–H groups in total. The number of nitrogens with two attached hydrogens (primary N) is 1. The molecule has 1 amide bonds. The first-order valence-corrected chi connectivity index (χ1v) is 9.39. The molecule has 5 heterocycles. The minimum atomic E-state index is 0.217. The van der Waals surface area contributed by atoms with Crippen LogP contribution < -0.4 is 15.2 Å². The summed E-state index contributed by atoms with van der Waals surface area (Å²) in [6.45, 7) is 3.83. The first-order valence-electron chi connectivity index (χ1n) is 9.39. The van der Waals surface area contributed by atoms with E-state index < -0.39 is 0 Å². The number of carbonyl (C=O) groups excluding carboxylic acids is 1. The Morgan fingerprint density at radius 2 is 1.96 bits per heavy atom. The lowest BCUT2D eigenvalue weighted by atomic mass is 9.75. The second-order valence-electron chi connectivity index (χ2n) is 7.66. The summed E-state index contributed by atoms with van der Waals surface area (Å²) in [5.74, 6) is 2.84. The molecule has 134 valence electrons. The van der Waals surface area contributed by atoms with E-state index in [0.29, 0.717) is 43.7 Å². The lowest BCUT2D eigenvalue weighted by Crippen LogP contribution is -2.60. The van der Waals surface area contributed by atoms with Crippen LogP contribution in [0.4, 0.5) is 0 Å². The topological polar surface area (TPSA) is 68.0 Å². The molecule has 0 radical (unpaired) electrons. The number of hydrogen-bond donors (Lipinski definition) is 1. The fourth-order valence-corrected chi connectivity index (χ4v) is 5.41. The number of benzene rings is 1. The highest BCUT2D eigenvalue weighted by Crippen LogP contribution is 2.48. The molecule has 0 unspecified atom stereocenters. The van der Waals surface area contributed by atoms with Gasteiger partial charge in [-0.05, 0) is 49.5 Å². The van der Waals surface area contributed by atoms with E-state index in [0.717, 1.165) is 31.1 Å². The molecule has 0 aromatic heterocycles. The molecular formula is C19H25N3O3. The van der Waals surface area contributed by atoms with Crippen LogP contribution in [0.5, 0.6) is 11.5 Å². The van der Waals surface area contributed by atoms with Crippen molar-refractivity contribution in [3.05, 3.63) is 23.8 Å². The Morgan fingerprint density at radius 3 is 2.76 bits per heavy atom. The molecule has 6 nitrogen and oxygen atoms in total. The van der Waals surface area contributed by atoms with Gasteiger partial charge in [0.05, 0.1) is 6.04 Å². The molecule has 2 bridgehead atoms. The maximum Gasteiger partial charge on any atom is 0.231 e. The van der Waals surface area contributed by atoms with E-state index >= 15 is 0 Å². The number of rotatable bonds is 3. The summed E-state index contributed by atoms with van der Waals surface area (Å²) in [5, 5.41) is 0. The van der Waals surface area contributed by atoms with Crippen molar-refractivity contribution in [2.24, 2.45) is 11.7 Å². The fraction of sp³-hybridized carbons (Fsp3) is 0.632. The van der Waals surface area contributed by atoms with Gasteiger partial charge < -0.3 is 20.1 Å². The molecule has 4 fully saturated rings. The van der Waals surface area contributed by atoms with Crippen LogP contribution in [-0.4, -0.2) is 60.8 Å². The summed E-state index contributed by atoms with van der Waals surface area (Å²) in [7, 11) is 0. The summed E-state index contributed by atoms with van der Waals surface area (Å²) in [4.78, 5) is 17.5. The van der Waals surface area contributed by atoms with Crippen LogP contribution in [0.2, 0.25) is 0 Å². The number of nitrogens with zero attached hydrogens (tertiary/aromatic N) is 2. The first-order chi connectivity index (χ1) is 12.3. The largest absolute Gasteiger partial charge is 0.454 e. The third-order valence-electron chi connectivity index (χ3n) is 6.50. The van der Waals surface area contributed by atoms with E-state index in [1.807, 2.05) is 6.07 Å². The predicted molar refractivity (Wildman–Crippen MR) is 92.6 cm³/mol. The number of carbonyl (C=O) groups is 1. The van der Waals surface area contributed by atoms with Crippen molar-refractivity contribution in [3.8, 4) is 11.5 Å². The zero-order chi connectivity index (χ0) is 17.0. The molecule has 4 saturated heterocycles. The van der Waals surface area contributed by atoms with Crippen LogP contribution in [0.15, 0.2) is 18.2 Å². The average Bonchev–Trinajstić information content (AvgIpc) is 3.28. The van der Waals surface area contributed by atoms with Gasteiger partial charge in [0.25, 0.3) is 0 Å². The van der Waals surface area contributed by atoms with Gasteiger partial charge in [-0.2, -0.15) is 0 Å². The average molecular weight is 343 g/mol. The summed E-state index contributed by atoms with van der Waals surface area (Å²) in [5.41, 5.74) is 6.92. The number of likely N-dealkylation sites (tertiary alicyclic amines) is 1. The number of hydrogen-bond acceptors (Lipinski definition) is 5. The standard InChI is InChI=1S/C19H25N3O3/c20-6-3-17(23)22-10-14(13-1-2-15-16(9-13)25-11-24-15)19-18(22)12-4-7-21(19)8-5-12/h1-2,9,12,14,18-19H,3-8,10-11,20H2/t14-,18-,19-/m1/s1. The minimum Gasteiger partial charge on any atom is -0.454 e. The second-order valence-corrected chi connectivity index (χ2v) is 7.66. The van der Waals surface area contributed by atoms with Crippen molar-refractivity contribution in [1.29, 1.82) is 0 Å². The van der Waals surface area contributed by atoms with Crippen molar-refractivity contribution >= 4 is 5.91 Å². The molecule has 0 aliphatic carbocycles. The minimum absolute atomic E-state index is 0.217. The normalized spacial score (nSPS) is 35.1. The Morgan fingerprint density at radius 1 is 1.16 bits per heavy atom. The Labute approximate surface area is 147 Å². The van der Waals surface area contributed by atoms with Gasteiger partial charge >= 0.3 is 0 Å². The van der Waals surface area contributed by atoms with E-state index in [9.17, 15) is 4.79 Å². The van der Waals surface area contributed by atoms with Crippen LogP contribution in [-0.2, 0) is 4.79 Å². The zero-order valence-corrected chi connectivity index (χ0v) is 14.4. The van der Waals surface area contributed by atoms with Gasteiger partial charge in [0.2, 0.25) is 12.7 Å². The third kappa shape index (κ3) is 2.34. The summed E-state index contributed by atoms with van der Waals surface area (Å²) < 4.78 is 11.0. The first kappa shape index (κ1) is 15.5. The predicted octanol–water partition coefficient (Wildman–Crippen LogP) is 1.15. The van der Waals surface area contributed by atoms with E-state index in [2.05, 4.69) is 21.9 Å². The third-order valence-corrected chi connectivity index (χ3v) is 6.50. The van der Waals surface area contributed by atoms with Crippen molar-refractivity contribution in [2.45, 2.75) is 37.3 Å². The van der Waals surface area contributed by atoms with Gasteiger partial charge in [0.1, 0.15) is 0 Å². The molecule has 0 saturated carbocycles. The number of ether oxygens (including phenoxy) is 2. The molecule has 25 heavy (non-hydrogen) atoms. The lowest BCUT2D eigenvalue weighted by Gasteiger charge is -2.51. The maximum absolute atomic E-state index is 12.7. The monoisotopic (exact) mass is 343 g/mol. The molecule has 6 heteroatoms. The van der Waals surface area contributed by atoms with E-state index in [1.54, 1.807) is 0 Å². The van der Waals surface area contributed by atoms with Crippen LogP contribution in [0, 0.1) is 5.92 Å². The smallest absolute Gasteiger partial charge is 0.231 e. The van der Waals surface area contributed by atoms with Crippen molar-refractivity contribution in [1.82, 2.24) is 9.80 Å². The molecule has 1 aromatic carbocycles. The van der Waals surface area contributed by atoms with Crippen molar-refractivity contribution in [2.75, 3.05) is 33.0 Å². The Kier molecular flexibility index (Phi) is 3.64. The molecule has 0 spiro atoms. The second kappa shape index (κ2) is 5.88. The summed E-state index contributed by atoms with van der Waals surface area (Å²) in [6.07, 6.45) is 2.87. The van der Waals surface area contributed by atoms with Gasteiger partial charge in [-0.3, -0.25) is 9.69 Å². The highest BCUT2D eigenvalue weighted by molar-refractivity contribution is 5.77. The van der Waals surface area contributed by atoms with Gasteiger partial charge in [-0.25, -0.2) is 0 Å². The molecule has 6 rings (SSSR count). The van der Waals surface area contributed by atoms with Gasteiger partial charge in [0.15, 0.2) is 11.5 Å². The van der Waals surface area contributed by atoms with E-state index in [4.69, 9.17) is 15.2 Å². The molecule has 5 aliphatic rings. The SMILES string of the molecule is NCCC(=O)N1C[C@H](c2ccc3c(c2)OCO3)[C@@H]2[C@H]1C1CCN2CC1. The maximum atomic E-state index is 12.7. The fourth-order valence-electron chi connectivity index (χ4n) is 5.41. The van der Waals surface area contributed by atoms with Crippen LogP contribution in [0.1, 0.15) is 30.7 Å². The molecule has 3 atom stereocenters. The highest BCUT2D eigenvalue weighted by Gasteiger charge is 2.54. The summed E-state index contributed by atoms with van der Waals surface area (Å²) in [6, 6.07) is 7.04. The number of amides is 1. The van der Waals surface area contributed by atoms with Crippen molar-refractivity contribution in [3.63, 3.8) is 0 Å². The van der Waals surface area contributed by atoms with Gasteiger partial charge in [-0.15, -0.1) is 0 Å². The quantitative estimate of drug-likeness (QED) is 0.892. The Hall–Kier alpha value is -1.79. The molecular weight excluding hydrogens is 318 g/mol. The van der Waals surface area contributed by atoms with Gasteiger partial charge in [0, 0.05) is 31.5 Å². The van der Waals surface area contributed by atoms with Gasteiger partial charge in [-0.1, -0.05) is 6.07 Å². The Balaban J connectivity index is 1.50. The van der Waals surface area contributed by atoms with E-state index in [1.165, 1.54) is 18.4 Å². The molecule has 1 aromatic rings. The Bertz CT molecular complexity index is 686. The number of piperidine rings is 3. The summed E-state index contributed by atoms with van der Waals surface area (Å²) >= 11 is 0. The number of fused-ring (bicyclic) bond motifs is 3. The zero-order valence-electron chi connectivity index (χ0n) is 14.4. The van der Waals surface area contributed by atoms with E-state index in [-0.39, 0.29) is 5.91 Å². The lowest BCUT2D eigenvalue weighted by molar-refractivity contribution is -0.135. The molecule has 5 aliphatic heterocycles. The van der Waals surface area contributed by atoms with Crippen LogP contribution >= 0.6 is 0 Å². The van der Waals surface area contributed by atoms with Crippen LogP contribution in [0.25, 0.3) is 0 Å².